The third kappa shape index (κ3) is 3.73. The van der Waals surface area contributed by atoms with Crippen LogP contribution in [0.1, 0.15) is 29.5 Å². The minimum absolute atomic E-state index is 0.141. The number of fused-ring (bicyclic) bond motifs is 1. The number of carbonyl (C=O) groups is 2. The molecule has 0 spiro atoms. The number of hydrogen-bond acceptors (Lipinski definition) is 7. The molecule has 1 aromatic rings. The van der Waals surface area contributed by atoms with Crippen LogP contribution in [0.4, 0.5) is 9.93 Å². The molecular formula is C16H21N5O4S. The van der Waals surface area contributed by atoms with E-state index in [9.17, 15) is 14.7 Å². The Hall–Kier alpha value is -2.38. The molecule has 1 saturated heterocycles. The van der Waals surface area contributed by atoms with E-state index >= 15 is 0 Å². The predicted octanol–water partition coefficient (Wildman–Crippen LogP) is 1.50. The summed E-state index contributed by atoms with van der Waals surface area (Å²) in [7, 11) is 1.58. The van der Waals surface area contributed by atoms with Crippen molar-refractivity contribution in [3.63, 3.8) is 0 Å². The molecule has 2 atom stereocenters. The van der Waals surface area contributed by atoms with Gasteiger partial charge in [0, 0.05) is 39.8 Å². The zero-order valence-electron chi connectivity index (χ0n) is 14.5. The largest absolute Gasteiger partial charge is 0.465 e. The molecule has 2 N–H and O–H groups in total. The van der Waals surface area contributed by atoms with Crippen molar-refractivity contribution in [3.8, 4) is 6.19 Å². The maximum atomic E-state index is 12.4. The lowest BCUT2D eigenvalue weighted by Gasteiger charge is -2.32. The maximum absolute atomic E-state index is 12.4. The summed E-state index contributed by atoms with van der Waals surface area (Å²) in [5.74, 6) is -0.368. The fourth-order valence-electron chi connectivity index (χ4n) is 3.40. The number of hydrogen-bond donors (Lipinski definition) is 2. The summed E-state index contributed by atoms with van der Waals surface area (Å²) in [6.07, 6.45) is 2.82. The number of aromatic nitrogens is 1. The van der Waals surface area contributed by atoms with Crippen LogP contribution in [0.15, 0.2) is 0 Å². The van der Waals surface area contributed by atoms with Crippen LogP contribution >= 0.6 is 11.3 Å². The molecule has 0 radical (unpaired) electrons. The van der Waals surface area contributed by atoms with Crippen molar-refractivity contribution in [3.05, 3.63) is 10.6 Å². The second-order valence-electron chi connectivity index (χ2n) is 6.37. The van der Waals surface area contributed by atoms with E-state index in [-0.39, 0.29) is 17.9 Å². The van der Waals surface area contributed by atoms with Crippen molar-refractivity contribution in [2.75, 3.05) is 38.7 Å². The lowest BCUT2D eigenvalue weighted by molar-refractivity contribution is -0.119. The van der Waals surface area contributed by atoms with Crippen LogP contribution < -0.4 is 5.32 Å². The topological polar surface area (TPSA) is 119 Å². The number of likely N-dealkylation sites (tertiary alicyclic amines) is 1. The van der Waals surface area contributed by atoms with Gasteiger partial charge >= 0.3 is 6.09 Å². The molecule has 2 aliphatic heterocycles. The molecule has 0 saturated carbocycles. The summed E-state index contributed by atoms with van der Waals surface area (Å²) in [6.45, 7) is 1.85. The number of carbonyl (C=O) groups excluding carboxylic acids is 1. The van der Waals surface area contributed by atoms with E-state index in [0.29, 0.717) is 50.6 Å². The average molecular weight is 379 g/mol. The Bertz CT molecular complexity index is 731. The van der Waals surface area contributed by atoms with Crippen LogP contribution in [0.3, 0.4) is 0 Å². The van der Waals surface area contributed by atoms with E-state index in [1.165, 1.54) is 16.2 Å². The van der Waals surface area contributed by atoms with Crippen molar-refractivity contribution in [2.24, 2.45) is 5.92 Å². The molecule has 0 aromatic carbocycles. The van der Waals surface area contributed by atoms with Crippen molar-refractivity contribution in [2.45, 2.75) is 25.3 Å². The van der Waals surface area contributed by atoms with Gasteiger partial charge in [-0.1, -0.05) is 11.3 Å². The smallest absolute Gasteiger partial charge is 0.407 e. The SMILES string of the molecule is COCCC1c2sc(NC(=O)C3CCN(C#N)C3)nc2CCN1C(=O)O. The van der Waals surface area contributed by atoms with Crippen LogP contribution in [0.25, 0.3) is 0 Å². The van der Waals surface area contributed by atoms with Crippen LogP contribution in [0.5, 0.6) is 0 Å². The second kappa shape index (κ2) is 7.88. The Morgan fingerprint density at radius 1 is 1.50 bits per heavy atom. The summed E-state index contributed by atoms with van der Waals surface area (Å²) in [5.41, 5.74) is 0.842. The fraction of sp³-hybridized carbons (Fsp3) is 0.625. The lowest BCUT2D eigenvalue weighted by Crippen LogP contribution is -2.39. The minimum Gasteiger partial charge on any atom is -0.465 e. The third-order valence-corrected chi connectivity index (χ3v) is 5.88. The summed E-state index contributed by atoms with van der Waals surface area (Å²) in [6, 6.07) is -0.306. The molecule has 3 heterocycles. The standard InChI is InChI=1S/C16H21N5O4S/c1-25-7-4-12-13-11(3-6-21(12)16(23)24)18-15(26-13)19-14(22)10-2-5-20(8-10)9-17/h10,12H,2-8H2,1H3,(H,23,24)(H,18,19,22). The first-order chi connectivity index (χ1) is 12.5. The molecule has 140 valence electrons. The number of nitriles is 1. The van der Waals surface area contributed by atoms with E-state index in [1.54, 1.807) is 12.0 Å². The van der Waals surface area contributed by atoms with Gasteiger partial charge in [0.1, 0.15) is 0 Å². The van der Waals surface area contributed by atoms with E-state index in [2.05, 4.69) is 16.5 Å². The molecule has 2 aliphatic rings. The first kappa shape index (κ1) is 18.4. The molecular weight excluding hydrogens is 358 g/mol. The number of methoxy groups -OCH3 is 1. The van der Waals surface area contributed by atoms with Crippen LogP contribution in [0.2, 0.25) is 0 Å². The second-order valence-corrected chi connectivity index (χ2v) is 7.40. The molecule has 10 heteroatoms. The number of amides is 2. The number of carboxylic acid groups (broad SMARTS) is 1. The highest BCUT2D eigenvalue weighted by Gasteiger charge is 2.34. The highest BCUT2D eigenvalue weighted by molar-refractivity contribution is 7.16. The van der Waals surface area contributed by atoms with Crippen molar-refractivity contribution >= 4 is 28.5 Å². The molecule has 9 nitrogen and oxygen atoms in total. The summed E-state index contributed by atoms with van der Waals surface area (Å²) >= 11 is 1.33. The van der Waals surface area contributed by atoms with Gasteiger partial charge in [0.25, 0.3) is 0 Å². The Kier molecular flexibility index (Phi) is 5.58. The van der Waals surface area contributed by atoms with E-state index in [4.69, 9.17) is 10.00 Å². The van der Waals surface area contributed by atoms with Crippen molar-refractivity contribution in [1.82, 2.24) is 14.8 Å². The number of thiazole rings is 1. The zero-order chi connectivity index (χ0) is 18.7. The van der Waals surface area contributed by atoms with Gasteiger partial charge in [-0.2, -0.15) is 5.26 Å². The van der Waals surface area contributed by atoms with E-state index in [1.807, 2.05) is 0 Å². The lowest BCUT2D eigenvalue weighted by atomic mass is 10.0. The van der Waals surface area contributed by atoms with E-state index < -0.39 is 6.09 Å². The van der Waals surface area contributed by atoms with Crippen LogP contribution in [0, 0.1) is 17.4 Å². The number of ether oxygens (including phenoxy) is 1. The first-order valence-corrected chi connectivity index (χ1v) is 9.28. The molecule has 1 fully saturated rings. The highest BCUT2D eigenvalue weighted by atomic mass is 32.1. The molecule has 2 unspecified atom stereocenters. The van der Waals surface area contributed by atoms with Gasteiger partial charge in [0.15, 0.2) is 11.3 Å². The molecule has 0 bridgehead atoms. The minimum atomic E-state index is -0.960. The summed E-state index contributed by atoms with van der Waals surface area (Å²) in [5, 5.41) is 21.7. The first-order valence-electron chi connectivity index (χ1n) is 8.47. The molecule has 26 heavy (non-hydrogen) atoms. The van der Waals surface area contributed by atoms with Crippen molar-refractivity contribution < 1.29 is 19.4 Å². The Morgan fingerprint density at radius 3 is 2.96 bits per heavy atom. The van der Waals surface area contributed by atoms with Gasteiger partial charge in [-0.05, 0) is 12.8 Å². The molecule has 2 amide bonds. The fourth-order valence-corrected chi connectivity index (χ4v) is 4.56. The van der Waals surface area contributed by atoms with Gasteiger partial charge in [0.2, 0.25) is 5.91 Å². The molecule has 3 rings (SSSR count). The number of rotatable bonds is 5. The Labute approximate surface area is 155 Å². The van der Waals surface area contributed by atoms with Crippen LogP contribution in [-0.2, 0) is 16.0 Å². The van der Waals surface area contributed by atoms with E-state index in [0.717, 1.165) is 10.6 Å². The maximum Gasteiger partial charge on any atom is 0.407 e. The molecule has 0 aliphatic carbocycles. The number of nitrogens with zero attached hydrogens (tertiary/aromatic N) is 4. The predicted molar refractivity (Wildman–Crippen MR) is 93.7 cm³/mol. The summed E-state index contributed by atoms with van der Waals surface area (Å²) < 4.78 is 5.11. The number of anilines is 1. The van der Waals surface area contributed by atoms with Crippen LogP contribution in [-0.4, -0.2) is 65.2 Å². The highest BCUT2D eigenvalue weighted by Crippen LogP contribution is 2.38. The van der Waals surface area contributed by atoms with Crippen molar-refractivity contribution in [1.29, 1.82) is 5.26 Å². The monoisotopic (exact) mass is 379 g/mol. The Morgan fingerprint density at radius 2 is 2.31 bits per heavy atom. The molecule has 1 aromatic heterocycles. The van der Waals surface area contributed by atoms with Gasteiger partial charge in [-0.15, -0.1) is 0 Å². The number of nitrogens with one attached hydrogen (secondary N) is 1. The zero-order valence-corrected chi connectivity index (χ0v) is 15.3. The normalized spacial score (nSPS) is 22.0. The average Bonchev–Trinajstić information content (AvgIpc) is 3.25. The third-order valence-electron chi connectivity index (χ3n) is 4.77. The quantitative estimate of drug-likeness (QED) is 0.744. The van der Waals surface area contributed by atoms with Gasteiger partial charge < -0.3 is 20.1 Å². The summed E-state index contributed by atoms with van der Waals surface area (Å²) in [4.78, 5) is 32.3. The van der Waals surface area contributed by atoms with Gasteiger partial charge in [0.05, 0.1) is 22.5 Å². The van der Waals surface area contributed by atoms with Gasteiger partial charge in [-0.25, -0.2) is 9.78 Å². The van der Waals surface area contributed by atoms with Gasteiger partial charge in [-0.3, -0.25) is 9.69 Å². The Balaban J connectivity index is 1.73.